The summed E-state index contributed by atoms with van der Waals surface area (Å²) in [6.45, 7) is 4.56. The van der Waals surface area contributed by atoms with Crippen LogP contribution < -0.4 is 4.46 Å². The fraction of sp³-hybridized carbons (Fsp3) is 0.333. The molecule has 0 spiro atoms. The zero-order valence-electron chi connectivity index (χ0n) is 11.9. The van der Waals surface area contributed by atoms with Crippen molar-refractivity contribution >= 4 is 19.4 Å². The van der Waals surface area contributed by atoms with E-state index in [1.165, 1.54) is 4.46 Å². The maximum absolute atomic E-state index is 10.9. The van der Waals surface area contributed by atoms with E-state index in [1.807, 2.05) is 30.3 Å². The third kappa shape index (κ3) is 2.22. The van der Waals surface area contributed by atoms with Crippen molar-refractivity contribution < 1.29 is 5.11 Å². The van der Waals surface area contributed by atoms with Crippen LogP contribution in [0.2, 0.25) is 4.31 Å². The summed E-state index contributed by atoms with van der Waals surface area (Å²) in [5, 5.41) is 10.9. The molecule has 0 aromatic heterocycles. The van der Waals surface area contributed by atoms with Gasteiger partial charge in [0.05, 0.1) is 0 Å². The van der Waals surface area contributed by atoms with Crippen LogP contribution in [-0.2, 0) is 0 Å². The van der Waals surface area contributed by atoms with Gasteiger partial charge in [-0.25, -0.2) is 0 Å². The quantitative estimate of drug-likeness (QED) is 0.853. The zero-order chi connectivity index (χ0) is 14.2. The number of hydrogen-bond acceptors (Lipinski definition) is 1. The van der Waals surface area contributed by atoms with E-state index < -0.39 is 0 Å². The normalized spacial score (nSPS) is 29.9. The molecule has 0 amide bonds. The molecule has 2 aromatic rings. The second-order valence-electron chi connectivity index (χ2n) is 5.66. The van der Waals surface area contributed by atoms with E-state index in [4.69, 9.17) is 0 Å². The summed E-state index contributed by atoms with van der Waals surface area (Å²) in [6.07, 6.45) is -0.353. The Morgan fingerprint density at radius 3 is 1.90 bits per heavy atom. The van der Waals surface area contributed by atoms with Gasteiger partial charge >= 0.3 is 127 Å². The summed E-state index contributed by atoms with van der Waals surface area (Å²) in [7, 11) is 0. The summed E-state index contributed by atoms with van der Waals surface area (Å²) in [5.41, 5.74) is 1.06. The van der Waals surface area contributed by atoms with E-state index in [9.17, 15) is 5.11 Å². The van der Waals surface area contributed by atoms with Crippen molar-refractivity contribution in [3.05, 3.63) is 66.2 Å². The molecule has 0 heterocycles. The van der Waals surface area contributed by atoms with Crippen molar-refractivity contribution in [2.75, 3.05) is 0 Å². The average molecular weight is 331 g/mol. The monoisotopic (exact) mass is 332 g/mol. The van der Waals surface area contributed by atoms with Gasteiger partial charge in [0.15, 0.2) is 0 Å². The van der Waals surface area contributed by atoms with Crippen LogP contribution in [0.3, 0.4) is 0 Å². The molecule has 1 aliphatic rings. The van der Waals surface area contributed by atoms with E-state index in [0.717, 1.165) is 5.56 Å². The van der Waals surface area contributed by atoms with Gasteiger partial charge in [-0.3, -0.25) is 0 Å². The molecule has 2 aromatic carbocycles. The van der Waals surface area contributed by atoms with Crippen molar-refractivity contribution in [2.24, 2.45) is 11.8 Å². The zero-order valence-corrected chi connectivity index (χ0v) is 13.6. The Balaban J connectivity index is 1.90. The third-order valence-corrected chi connectivity index (χ3v) is 8.48. The van der Waals surface area contributed by atoms with Crippen molar-refractivity contribution in [1.29, 1.82) is 0 Å². The molecule has 0 saturated heterocycles. The molecule has 1 fully saturated rings. The molecule has 1 saturated carbocycles. The number of aliphatic hydroxyl groups excluding tert-OH is 1. The van der Waals surface area contributed by atoms with Crippen LogP contribution in [0.15, 0.2) is 60.7 Å². The topological polar surface area (TPSA) is 20.2 Å². The predicted octanol–water partition coefficient (Wildman–Crippen LogP) is 3.19. The molecule has 1 nitrogen and oxygen atoms in total. The van der Waals surface area contributed by atoms with Crippen LogP contribution in [0, 0.1) is 11.8 Å². The first-order chi connectivity index (χ1) is 9.66. The fourth-order valence-electron chi connectivity index (χ4n) is 3.10. The van der Waals surface area contributed by atoms with Crippen LogP contribution in [-0.4, -0.2) is 20.1 Å². The van der Waals surface area contributed by atoms with E-state index in [1.54, 1.807) is 0 Å². The number of hydrogen-bond donors (Lipinski definition) is 1. The molecule has 0 aliphatic heterocycles. The van der Waals surface area contributed by atoms with Crippen molar-refractivity contribution in [1.82, 2.24) is 0 Å². The first kappa shape index (κ1) is 13.9. The Kier molecular flexibility index (Phi) is 3.72. The average Bonchev–Trinajstić information content (AvgIpc) is 3.02. The van der Waals surface area contributed by atoms with Crippen LogP contribution in [0.25, 0.3) is 0 Å². The maximum atomic E-state index is 10.9. The summed E-state index contributed by atoms with van der Waals surface area (Å²) in [4.78, 5) is 0. The van der Waals surface area contributed by atoms with Crippen LogP contribution in [0.4, 0.5) is 0 Å². The number of aliphatic hydroxyl groups is 1. The minimum atomic E-state index is -0.353. The molecule has 2 unspecified atom stereocenters. The van der Waals surface area contributed by atoms with Gasteiger partial charge in [-0.15, -0.1) is 0 Å². The van der Waals surface area contributed by atoms with Gasteiger partial charge in [0.2, 0.25) is 0 Å². The Labute approximate surface area is 127 Å². The molecule has 4 atom stereocenters. The Hall–Kier alpha value is -1.08. The van der Waals surface area contributed by atoms with Gasteiger partial charge in [0, 0.05) is 0 Å². The Morgan fingerprint density at radius 1 is 0.900 bits per heavy atom. The minimum absolute atomic E-state index is 0.0513. The third-order valence-electron chi connectivity index (χ3n) is 4.64. The molecule has 0 radical (unpaired) electrons. The molecule has 0 bridgehead atoms. The van der Waals surface area contributed by atoms with Gasteiger partial charge in [-0.2, -0.15) is 0 Å². The van der Waals surface area contributed by atoms with Gasteiger partial charge in [-0.05, 0) is 0 Å². The first-order valence-electron chi connectivity index (χ1n) is 7.13. The summed E-state index contributed by atoms with van der Waals surface area (Å²) in [5.74, 6) is 1.16. The second kappa shape index (κ2) is 5.37. The second-order valence-corrected chi connectivity index (χ2v) is 8.56. The van der Waals surface area contributed by atoms with E-state index >= 15 is 0 Å². The molecular formula is C18H20OSe. The molecule has 2 heteroatoms. The van der Waals surface area contributed by atoms with Crippen molar-refractivity contribution in [2.45, 2.75) is 24.3 Å². The van der Waals surface area contributed by atoms with Gasteiger partial charge in [0.25, 0.3) is 0 Å². The van der Waals surface area contributed by atoms with Crippen LogP contribution >= 0.6 is 0 Å². The van der Waals surface area contributed by atoms with E-state index in [-0.39, 0.29) is 10.4 Å². The van der Waals surface area contributed by atoms with Crippen molar-refractivity contribution in [3.63, 3.8) is 0 Å². The van der Waals surface area contributed by atoms with Crippen LogP contribution in [0.5, 0.6) is 0 Å². The summed E-state index contributed by atoms with van der Waals surface area (Å²) in [6, 6.07) is 20.8. The molecule has 20 heavy (non-hydrogen) atoms. The standard InChI is InChI=1S/C18H20OSe/c1-13-14(2)18(13,20-16-11-7-4-8-12-16)17(19)15-9-5-3-6-10-15/h3-14,17,19H,1-2H3/t13-,14+,17?,18?. The summed E-state index contributed by atoms with van der Waals surface area (Å²) < 4.78 is 1.43. The van der Waals surface area contributed by atoms with Crippen LogP contribution in [0.1, 0.15) is 25.5 Å². The molecule has 104 valence electrons. The van der Waals surface area contributed by atoms with Gasteiger partial charge in [-0.1, -0.05) is 0 Å². The van der Waals surface area contributed by atoms with E-state index in [2.05, 4.69) is 44.2 Å². The molecular weight excluding hydrogens is 311 g/mol. The predicted molar refractivity (Wildman–Crippen MR) is 84.3 cm³/mol. The van der Waals surface area contributed by atoms with E-state index in [0.29, 0.717) is 26.8 Å². The first-order valence-corrected chi connectivity index (χ1v) is 8.84. The molecule has 1 N–H and O–H groups in total. The van der Waals surface area contributed by atoms with Crippen molar-refractivity contribution in [3.8, 4) is 0 Å². The number of benzene rings is 2. The molecule has 3 rings (SSSR count). The summed E-state index contributed by atoms with van der Waals surface area (Å²) >= 11 is 0.294. The molecule has 1 aliphatic carbocycles. The van der Waals surface area contributed by atoms with Gasteiger partial charge in [0.1, 0.15) is 0 Å². The SMILES string of the molecule is C[C@@H]1[C@H](C)C1([Se]c1ccccc1)C(O)c1ccccc1. The number of rotatable bonds is 4. The van der Waals surface area contributed by atoms with Gasteiger partial charge < -0.3 is 0 Å². The Bertz CT molecular complexity index is 558. The Morgan fingerprint density at radius 2 is 1.40 bits per heavy atom. The fourth-order valence-corrected chi connectivity index (χ4v) is 6.58.